The van der Waals surface area contributed by atoms with Crippen molar-refractivity contribution >= 4 is 6.03 Å². The van der Waals surface area contributed by atoms with Crippen LogP contribution >= 0.6 is 0 Å². The van der Waals surface area contributed by atoms with Crippen LogP contribution < -0.4 is 5.32 Å². The molecule has 8 heteroatoms. The maximum Gasteiger partial charge on any atom is 0.419 e. The van der Waals surface area contributed by atoms with Gasteiger partial charge in [-0.15, -0.1) is 0 Å². The fourth-order valence-corrected chi connectivity index (χ4v) is 3.22. The van der Waals surface area contributed by atoms with E-state index in [4.69, 9.17) is 0 Å². The van der Waals surface area contributed by atoms with Crippen molar-refractivity contribution in [2.45, 2.75) is 50.4 Å². The zero-order chi connectivity index (χ0) is 16.4. The molecule has 2 aliphatic heterocycles. The average Bonchev–Trinajstić information content (AvgIpc) is 2.88. The third-order valence-corrected chi connectivity index (χ3v) is 4.71. The van der Waals surface area contributed by atoms with Crippen LogP contribution in [0, 0.1) is 0 Å². The fraction of sp³-hybridized carbons (Fsp3) is 0.929. The van der Waals surface area contributed by atoms with Crippen molar-refractivity contribution in [1.82, 2.24) is 15.1 Å². The van der Waals surface area contributed by atoms with Crippen LogP contribution in [0.2, 0.25) is 0 Å². The molecule has 0 spiro atoms. The molecule has 2 fully saturated rings. The Labute approximate surface area is 128 Å². The molecule has 2 rings (SSSR count). The Balaban J connectivity index is 1.83. The highest BCUT2D eigenvalue weighted by Crippen LogP contribution is 2.37. The predicted molar refractivity (Wildman–Crippen MR) is 75.5 cm³/mol. The largest absolute Gasteiger partial charge is 0.419 e. The number of aliphatic hydroxyl groups is 1. The van der Waals surface area contributed by atoms with Crippen LogP contribution in [0.25, 0.3) is 0 Å². The van der Waals surface area contributed by atoms with Crippen molar-refractivity contribution in [3.63, 3.8) is 0 Å². The van der Waals surface area contributed by atoms with E-state index < -0.39 is 30.8 Å². The number of likely N-dealkylation sites (tertiary alicyclic amines) is 2. The summed E-state index contributed by atoms with van der Waals surface area (Å²) in [5.41, 5.74) is -2.77. The molecule has 22 heavy (non-hydrogen) atoms. The van der Waals surface area contributed by atoms with Gasteiger partial charge >= 0.3 is 12.2 Å². The van der Waals surface area contributed by atoms with Crippen LogP contribution in [0.1, 0.15) is 32.6 Å². The molecule has 2 atom stereocenters. The Hall–Kier alpha value is -1.02. The molecule has 2 heterocycles. The second-order valence-electron chi connectivity index (χ2n) is 6.17. The Morgan fingerprint density at radius 1 is 1.36 bits per heavy atom. The highest BCUT2D eigenvalue weighted by atomic mass is 19.4. The van der Waals surface area contributed by atoms with E-state index in [1.807, 2.05) is 0 Å². The summed E-state index contributed by atoms with van der Waals surface area (Å²) in [6.07, 6.45) is -1.93. The third-order valence-electron chi connectivity index (χ3n) is 4.71. The smallest absolute Gasteiger partial charge is 0.379 e. The predicted octanol–water partition coefficient (Wildman–Crippen LogP) is 1.57. The highest BCUT2D eigenvalue weighted by Gasteiger charge is 2.57. The molecular weight excluding hydrogens is 299 g/mol. The Bertz CT molecular complexity index is 405. The number of hydrogen-bond acceptors (Lipinski definition) is 3. The van der Waals surface area contributed by atoms with Gasteiger partial charge in [-0.05, 0) is 25.9 Å². The van der Waals surface area contributed by atoms with Gasteiger partial charge < -0.3 is 15.3 Å². The minimum Gasteiger partial charge on any atom is -0.379 e. The molecule has 5 nitrogen and oxygen atoms in total. The van der Waals surface area contributed by atoms with Crippen LogP contribution in [0.3, 0.4) is 0 Å². The van der Waals surface area contributed by atoms with Gasteiger partial charge in [0.15, 0.2) is 5.60 Å². The number of carbonyl (C=O) groups is 1. The Kier molecular flexibility index (Phi) is 5.21. The summed E-state index contributed by atoms with van der Waals surface area (Å²) in [4.78, 5) is 15.3. The first-order chi connectivity index (χ1) is 10.3. The number of nitrogens with zero attached hydrogens (tertiary/aromatic N) is 2. The molecule has 0 saturated carbocycles. The van der Waals surface area contributed by atoms with Gasteiger partial charge in [0.05, 0.1) is 6.54 Å². The Morgan fingerprint density at radius 3 is 2.68 bits per heavy atom. The lowest BCUT2D eigenvalue weighted by atomic mass is 10.0. The zero-order valence-electron chi connectivity index (χ0n) is 12.8. The molecule has 0 aromatic carbocycles. The first-order valence-corrected chi connectivity index (χ1v) is 7.83. The molecule has 128 valence electrons. The molecule has 2 saturated heterocycles. The van der Waals surface area contributed by atoms with Crippen LogP contribution in [0.5, 0.6) is 0 Å². The van der Waals surface area contributed by atoms with E-state index in [2.05, 4.69) is 17.1 Å². The van der Waals surface area contributed by atoms with Crippen LogP contribution in [-0.4, -0.2) is 71.5 Å². The number of piperidine rings is 1. The standard InChI is InChI=1S/C14H24F3N3O2/c1-2-19-7-4-3-5-11(19)9-18-12(21)20-8-6-13(22,10-20)14(15,16)17/h11,22H,2-10H2,1H3,(H,18,21)/t11-,13-/m0/s1. The van der Waals surface area contributed by atoms with Gasteiger partial charge in [0.2, 0.25) is 0 Å². The number of amides is 2. The summed E-state index contributed by atoms with van der Waals surface area (Å²) in [6.45, 7) is 3.62. The van der Waals surface area contributed by atoms with Gasteiger partial charge in [0, 0.05) is 25.6 Å². The topological polar surface area (TPSA) is 55.8 Å². The molecule has 2 N–H and O–H groups in total. The van der Waals surface area contributed by atoms with Crippen LogP contribution in [-0.2, 0) is 0 Å². The number of likely N-dealkylation sites (N-methyl/N-ethyl adjacent to an activating group) is 1. The van der Waals surface area contributed by atoms with Crippen molar-refractivity contribution < 1.29 is 23.1 Å². The molecule has 0 aromatic rings. The molecule has 0 unspecified atom stereocenters. The fourth-order valence-electron chi connectivity index (χ4n) is 3.22. The summed E-state index contributed by atoms with van der Waals surface area (Å²) in [5, 5.41) is 12.3. The molecule has 2 amide bonds. The third kappa shape index (κ3) is 3.65. The van der Waals surface area contributed by atoms with Crippen molar-refractivity contribution in [1.29, 1.82) is 0 Å². The maximum atomic E-state index is 12.7. The molecule has 0 aromatic heterocycles. The lowest BCUT2D eigenvalue weighted by Crippen LogP contribution is -2.51. The lowest BCUT2D eigenvalue weighted by molar-refractivity contribution is -0.253. The zero-order valence-corrected chi connectivity index (χ0v) is 12.8. The number of nitrogens with one attached hydrogen (secondary N) is 1. The number of halogens is 3. The van der Waals surface area contributed by atoms with Gasteiger partial charge in [-0.1, -0.05) is 13.3 Å². The first-order valence-electron chi connectivity index (χ1n) is 7.83. The van der Waals surface area contributed by atoms with E-state index in [-0.39, 0.29) is 12.6 Å². The van der Waals surface area contributed by atoms with Crippen molar-refractivity contribution in [2.75, 3.05) is 32.7 Å². The van der Waals surface area contributed by atoms with E-state index in [9.17, 15) is 23.1 Å². The number of alkyl halides is 3. The van der Waals surface area contributed by atoms with E-state index in [1.165, 1.54) is 0 Å². The summed E-state index contributed by atoms with van der Waals surface area (Å²) in [6, 6.07) is -0.284. The van der Waals surface area contributed by atoms with Crippen LogP contribution in [0.4, 0.5) is 18.0 Å². The first kappa shape index (κ1) is 17.3. The monoisotopic (exact) mass is 323 g/mol. The number of hydrogen-bond donors (Lipinski definition) is 2. The lowest BCUT2D eigenvalue weighted by Gasteiger charge is -2.35. The molecule has 0 aliphatic carbocycles. The number of rotatable bonds is 3. The highest BCUT2D eigenvalue weighted by molar-refractivity contribution is 5.74. The average molecular weight is 323 g/mol. The van der Waals surface area contributed by atoms with Crippen molar-refractivity contribution in [3.05, 3.63) is 0 Å². The summed E-state index contributed by atoms with van der Waals surface area (Å²) in [7, 11) is 0. The molecule has 0 radical (unpaired) electrons. The van der Waals surface area contributed by atoms with Gasteiger partial charge in [-0.25, -0.2) is 4.79 Å². The van der Waals surface area contributed by atoms with Gasteiger partial charge in [0.25, 0.3) is 0 Å². The number of β-amino-alcohol motifs (C(OH)–C–C–N with tert-alkyl or cyclic N) is 1. The second kappa shape index (κ2) is 6.62. The van der Waals surface area contributed by atoms with Gasteiger partial charge in [-0.3, -0.25) is 4.90 Å². The van der Waals surface area contributed by atoms with Gasteiger partial charge in [0.1, 0.15) is 0 Å². The van der Waals surface area contributed by atoms with E-state index in [0.717, 1.165) is 37.3 Å². The van der Waals surface area contributed by atoms with E-state index in [1.54, 1.807) is 0 Å². The van der Waals surface area contributed by atoms with Crippen LogP contribution in [0.15, 0.2) is 0 Å². The normalized spacial score (nSPS) is 30.6. The molecular formula is C14H24F3N3O2. The van der Waals surface area contributed by atoms with E-state index in [0.29, 0.717) is 6.54 Å². The second-order valence-corrected chi connectivity index (χ2v) is 6.17. The van der Waals surface area contributed by atoms with Crippen molar-refractivity contribution in [3.8, 4) is 0 Å². The van der Waals surface area contributed by atoms with E-state index >= 15 is 0 Å². The minimum absolute atomic E-state index is 0.0794. The number of urea groups is 1. The molecule has 0 bridgehead atoms. The number of carbonyl (C=O) groups excluding carboxylic acids is 1. The Morgan fingerprint density at radius 2 is 2.09 bits per heavy atom. The van der Waals surface area contributed by atoms with Gasteiger partial charge in [-0.2, -0.15) is 13.2 Å². The van der Waals surface area contributed by atoms with Crippen molar-refractivity contribution in [2.24, 2.45) is 0 Å². The summed E-state index contributed by atoms with van der Waals surface area (Å²) in [5.74, 6) is 0. The minimum atomic E-state index is -4.70. The summed E-state index contributed by atoms with van der Waals surface area (Å²) >= 11 is 0. The molecule has 2 aliphatic rings. The quantitative estimate of drug-likeness (QED) is 0.829. The maximum absolute atomic E-state index is 12.7. The SMILES string of the molecule is CCN1CCCC[C@H]1CNC(=O)N1CC[C@@](O)(C(F)(F)F)C1. The summed E-state index contributed by atoms with van der Waals surface area (Å²) < 4.78 is 38.2.